The fourth-order valence-corrected chi connectivity index (χ4v) is 4.59. The van der Waals surface area contributed by atoms with Gasteiger partial charge in [0.15, 0.2) is 0 Å². The Morgan fingerprint density at radius 2 is 2.04 bits per heavy atom. The van der Waals surface area contributed by atoms with Crippen LogP contribution in [0.3, 0.4) is 0 Å². The SMILES string of the molecule is O=C(CN1CCc2sccc2[C@H]1c1ccccc1)Nc1ccc(Cl)cc1F. The maximum atomic E-state index is 14.0. The van der Waals surface area contributed by atoms with Gasteiger partial charge in [-0.05, 0) is 47.2 Å². The molecule has 1 aromatic heterocycles. The van der Waals surface area contributed by atoms with Crippen molar-refractivity contribution in [3.63, 3.8) is 0 Å². The van der Waals surface area contributed by atoms with Crippen LogP contribution in [0.1, 0.15) is 22.0 Å². The third kappa shape index (κ3) is 3.90. The van der Waals surface area contributed by atoms with Gasteiger partial charge in [-0.2, -0.15) is 0 Å². The monoisotopic (exact) mass is 400 g/mol. The molecule has 4 rings (SSSR count). The summed E-state index contributed by atoms with van der Waals surface area (Å²) >= 11 is 7.53. The number of carbonyl (C=O) groups is 1. The Morgan fingerprint density at radius 1 is 1.22 bits per heavy atom. The number of nitrogens with zero attached hydrogens (tertiary/aromatic N) is 1. The van der Waals surface area contributed by atoms with Crippen molar-refractivity contribution in [2.24, 2.45) is 0 Å². The topological polar surface area (TPSA) is 32.3 Å². The lowest BCUT2D eigenvalue weighted by Crippen LogP contribution is -2.40. The van der Waals surface area contributed by atoms with Gasteiger partial charge in [0.05, 0.1) is 18.3 Å². The molecule has 1 N–H and O–H groups in total. The lowest BCUT2D eigenvalue weighted by Gasteiger charge is -2.35. The zero-order valence-corrected chi connectivity index (χ0v) is 16.1. The number of amides is 1. The smallest absolute Gasteiger partial charge is 0.238 e. The molecule has 1 aliphatic heterocycles. The van der Waals surface area contributed by atoms with E-state index >= 15 is 0 Å². The van der Waals surface area contributed by atoms with Crippen molar-refractivity contribution in [2.45, 2.75) is 12.5 Å². The molecule has 0 fully saturated rings. The minimum atomic E-state index is -0.533. The molecule has 0 saturated carbocycles. The molecule has 0 spiro atoms. The Kier molecular flexibility index (Phi) is 5.25. The molecular formula is C21H18ClFN2OS. The van der Waals surface area contributed by atoms with Crippen LogP contribution in [0.25, 0.3) is 0 Å². The molecule has 1 aliphatic rings. The van der Waals surface area contributed by atoms with Crippen LogP contribution in [-0.4, -0.2) is 23.9 Å². The third-order valence-corrected chi connectivity index (χ3v) is 5.96. The first kappa shape index (κ1) is 18.2. The summed E-state index contributed by atoms with van der Waals surface area (Å²) in [7, 11) is 0. The van der Waals surface area contributed by atoms with Gasteiger partial charge in [-0.1, -0.05) is 41.9 Å². The van der Waals surface area contributed by atoms with Gasteiger partial charge in [-0.15, -0.1) is 11.3 Å². The van der Waals surface area contributed by atoms with Crippen molar-refractivity contribution < 1.29 is 9.18 Å². The van der Waals surface area contributed by atoms with E-state index in [1.54, 1.807) is 17.4 Å². The van der Waals surface area contributed by atoms with E-state index in [-0.39, 0.29) is 24.2 Å². The number of anilines is 1. The van der Waals surface area contributed by atoms with Crippen LogP contribution in [0, 0.1) is 5.82 Å². The fraction of sp³-hybridized carbons (Fsp3) is 0.190. The Bertz CT molecular complexity index is 960. The van der Waals surface area contributed by atoms with Crippen molar-refractivity contribution in [1.82, 2.24) is 4.90 Å². The second-order valence-electron chi connectivity index (χ2n) is 6.51. The van der Waals surface area contributed by atoms with Crippen molar-refractivity contribution in [1.29, 1.82) is 0 Å². The summed E-state index contributed by atoms with van der Waals surface area (Å²) in [6.07, 6.45) is 0.916. The van der Waals surface area contributed by atoms with E-state index in [4.69, 9.17) is 11.6 Å². The highest BCUT2D eigenvalue weighted by Crippen LogP contribution is 2.37. The van der Waals surface area contributed by atoms with Crippen LogP contribution >= 0.6 is 22.9 Å². The molecule has 3 nitrogen and oxygen atoms in total. The van der Waals surface area contributed by atoms with Crippen LogP contribution in [0.15, 0.2) is 60.0 Å². The number of nitrogens with one attached hydrogen (secondary N) is 1. The predicted molar refractivity (Wildman–Crippen MR) is 108 cm³/mol. The number of halogens is 2. The van der Waals surface area contributed by atoms with Gasteiger partial charge in [0.2, 0.25) is 5.91 Å². The van der Waals surface area contributed by atoms with E-state index in [0.29, 0.717) is 5.02 Å². The standard InChI is InChI=1S/C21H18ClFN2OS/c22-15-6-7-18(17(23)12-15)24-20(26)13-25-10-8-19-16(9-11-27-19)21(25)14-4-2-1-3-5-14/h1-7,9,11-12,21H,8,10,13H2,(H,24,26)/t21-/m1/s1. The van der Waals surface area contributed by atoms with E-state index in [2.05, 4.69) is 33.8 Å². The van der Waals surface area contributed by atoms with Gasteiger partial charge in [-0.25, -0.2) is 4.39 Å². The third-order valence-electron chi connectivity index (χ3n) is 4.73. The maximum absolute atomic E-state index is 14.0. The zero-order valence-electron chi connectivity index (χ0n) is 14.5. The van der Waals surface area contributed by atoms with Gasteiger partial charge >= 0.3 is 0 Å². The minimum Gasteiger partial charge on any atom is -0.322 e. The van der Waals surface area contributed by atoms with Gasteiger partial charge in [0, 0.05) is 16.4 Å². The number of hydrogen-bond acceptors (Lipinski definition) is 3. The lowest BCUT2D eigenvalue weighted by molar-refractivity contribution is -0.117. The molecule has 0 radical (unpaired) electrons. The largest absolute Gasteiger partial charge is 0.322 e. The first-order valence-electron chi connectivity index (χ1n) is 8.72. The van der Waals surface area contributed by atoms with Crippen LogP contribution in [0.2, 0.25) is 5.02 Å². The zero-order chi connectivity index (χ0) is 18.8. The van der Waals surface area contributed by atoms with E-state index in [1.807, 2.05) is 18.2 Å². The van der Waals surface area contributed by atoms with E-state index in [0.717, 1.165) is 18.5 Å². The molecule has 1 amide bonds. The number of benzene rings is 2. The molecule has 27 heavy (non-hydrogen) atoms. The lowest BCUT2D eigenvalue weighted by atomic mass is 9.93. The van der Waals surface area contributed by atoms with Crippen LogP contribution in [0.5, 0.6) is 0 Å². The maximum Gasteiger partial charge on any atom is 0.238 e. The molecule has 2 aromatic carbocycles. The number of carbonyl (C=O) groups excluding carboxylic acids is 1. The average molecular weight is 401 g/mol. The Hall–Kier alpha value is -2.21. The number of rotatable bonds is 4. The Balaban J connectivity index is 1.56. The molecule has 138 valence electrons. The summed E-state index contributed by atoms with van der Waals surface area (Å²) in [4.78, 5) is 16.1. The van der Waals surface area contributed by atoms with E-state index in [9.17, 15) is 9.18 Å². The van der Waals surface area contributed by atoms with Gasteiger partial charge in [0.1, 0.15) is 5.82 Å². The van der Waals surface area contributed by atoms with Crippen molar-refractivity contribution in [3.8, 4) is 0 Å². The minimum absolute atomic E-state index is 0.0296. The molecule has 2 heterocycles. The van der Waals surface area contributed by atoms with Crippen molar-refractivity contribution in [2.75, 3.05) is 18.4 Å². The molecule has 3 aromatic rings. The summed E-state index contributed by atoms with van der Waals surface area (Å²) in [5, 5.41) is 5.07. The summed E-state index contributed by atoms with van der Waals surface area (Å²) in [5.74, 6) is -0.773. The molecule has 0 bridgehead atoms. The van der Waals surface area contributed by atoms with E-state index in [1.165, 1.54) is 22.6 Å². The summed E-state index contributed by atoms with van der Waals surface area (Å²) < 4.78 is 14.0. The van der Waals surface area contributed by atoms with Crippen molar-refractivity contribution in [3.05, 3.63) is 86.8 Å². The predicted octanol–water partition coefficient (Wildman–Crippen LogP) is 5.13. The second kappa shape index (κ2) is 7.80. The quantitative estimate of drug-likeness (QED) is 0.658. The molecule has 0 unspecified atom stereocenters. The second-order valence-corrected chi connectivity index (χ2v) is 7.94. The van der Waals surface area contributed by atoms with Gasteiger partial charge in [0.25, 0.3) is 0 Å². The van der Waals surface area contributed by atoms with Crippen LogP contribution in [0.4, 0.5) is 10.1 Å². The first-order chi connectivity index (χ1) is 13.1. The van der Waals surface area contributed by atoms with E-state index < -0.39 is 5.82 Å². The van der Waals surface area contributed by atoms with Gasteiger partial charge in [-0.3, -0.25) is 9.69 Å². The highest BCUT2D eigenvalue weighted by molar-refractivity contribution is 7.10. The summed E-state index contributed by atoms with van der Waals surface area (Å²) in [6.45, 7) is 0.973. The molecular weight excluding hydrogens is 383 g/mol. The highest BCUT2D eigenvalue weighted by atomic mass is 35.5. The van der Waals surface area contributed by atoms with Crippen LogP contribution < -0.4 is 5.32 Å². The number of fused-ring (bicyclic) bond motifs is 1. The first-order valence-corrected chi connectivity index (χ1v) is 9.98. The summed E-state index contributed by atoms with van der Waals surface area (Å²) in [6, 6.07) is 16.6. The summed E-state index contributed by atoms with van der Waals surface area (Å²) in [5.41, 5.74) is 2.55. The molecule has 1 atom stereocenters. The number of thiophene rings is 1. The highest BCUT2D eigenvalue weighted by Gasteiger charge is 2.30. The normalized spacial score (nSPS) is 16.7. The fourth-order valence-electron chi connectivity index (χ4n) is 3.53. The number of hydrogen-bond donors (Lipinski definition) is 1. The molecule has 0 saturated heterocycles. The molecule has 0 aliphatic carbocycles. The Morgan fingerprint density at radius 3 is 2.81 bits per heavy atom. The van der Waals surface area contributed by atoms with Crippen LogP contribution in [-0.2, 0) is 11.2 Å². The van der Waals surface area contributed by atoms with Gasteiger partial charge < -0.3 is 5.32 Å². The molecule has 6 heteroatoms. The average Bonchev–Trinajstić information content (AvgIpc) is 3.13. The Labute approximate surface area is 166 Å². The van der Waals surface area contributed by atoms with Crippen molar-refractivity contribution >= 4 is 34.5 Å².